The maximum Gasteiger partial charge on any atom is 0.112 e. The van der Waals surface area contributed by atoms with Crippen LogP contribution in [0, 0.1) is 0 Å². The van der Waals surface area contributed by atoms with E-state index in [2.05, 4.69) is 72.8 Å². The van der Waals surface area contributed by atoms with Crippen LogP contribution in [0.1, 0.15) is 6.42 Å². The zero-order valence-electron chi connectivity index (χ0n) is 13.1. The fraction of sp³-hybridized carbons (Fsp3) is 0.143. The molecule has 0 aliphatic carbocycles. The van der Waals surface area contributed by atoms with Crippen LogP contribution in [0.15, 0.2) is 91.0 Å². The van der Waals surface area contributed by atoms with Gasteiger partial charge in [-0.15, -0.1) is 0 Å². The number of halogens is 1. The van der Waals surface area contributed by atoms with Crippen LogP contribution in [-0.4, -0.2) is 12.8 Å². The molecule has 0 aliphatic heterocycles. The van der Waals surface area contributed by atoms with Gasteiger partial charge < -0.3 is 0 Å². The van der Waals surface area contributed by atoms with E-state index >= 15 is 0 Å². The molecule has 0 saturated carbocycles. The topological polar surface area (TPSA) is 0 Å². The largest absolute Gasteiger partial charge is 0.251 e. The van der Waals surface area contributed by atoms with E-state index < -0.39 is 7.26 Å². The minimum Gasteiger partial charge on any atom is -0.251 e. The lowest BCUT2D eigenvalue weighted by Gasteiger charge is -2.27. The normalized spacial score (nSPS) is 11.3. The molecule has 0 saturated heterocycles. The van der Waals surface area contributed by atoms with Crippen molar-refractivity contribution in [1.82, 2.24) is 0 Å². The minimum atomic E-state index is -1.81. The second-order valence-corrected chi connectivity index (χ2v) is 9.20. The number of alkyl halides is 1. The molecule has 0 amide bonds. The van der Waals surface area contributed by atoms with E-state index in [-0.39, 0.29) is 6.67 Å². The first-order valence-electron chi connectivity index (χ1n) is 7.99. The second-order valence-electron chi connectivity index (χ2n) is 5.58. The average Bonchev–Trinajstić information content (AvgIpc) is 2.65. The Hall–Kier alpha value is -1.98. The van der Waals surface area contributed by atoms with E-state index in [9.17, 15) is 4.39 Å². The zero-order valence-corrected chi connectivity index (χ0v) is 14.0. The van der Waals surface area contributed by atoms with Gasteiger partial charge in [0.25, 0.3) is 0 Å². The van der Waals surface area contributed by atoms with E-state index in [1.165, 1.54) is 15.9 Å². The van der Waals surface area contributed by atoms with Gasteiger partial charge in [-0.2, -0.15) is 0 Å². The quantitative estimate of drug-likeness (QED) is 0.592. The first kappa shape index (κ1) is 15.9. The molecular weight excluding hydrogens is 302 g/mol. The molecule has 0 radical (unpaired) electrons. The number of benzene rings is 3. The summed E-state index contributed by atoms with van der Waals surface area (Å²) in [5.74, 6) is 0. The standard InChI is InChI=1S/C21H21FP/c22-17-10-18-23(19-11-4-1-5-12-19,20-13-6-2-7-14-20)21-15-8-3-9-16-21/h1-9,11-16H,10,17-18H2/q+1. The van der Waals surface area contributed by atoms with Gasteiger partial charge in [0.15, 0.2) is 0 Å². The fourth-order valence-corrected chi connectivity index (χ4v) is 7.49. The molecule has 0 unspecified atom stereocenters. The Morgan fingerprint density at radius 3 is 1.22 bits per heavy atom. The number of hydrogen-bond donors (Lipinski definition) is 0. The van der Waals surface area contributed by atoms with Gasteiger partial charge in [0, 0.05) is 6.42 Å². The Labute approximate surface area is 138 Å². The van der Waals surface area contributed by atoms with Crippen molar-refractivity contribution in [2.24, 2.45) is 0 Å². The van der Waals surface area contributed by atoms with Crippen LogP contribution in [0.4, 0.5) is 4.39 Å². The summed E-state index contributed by atoms with van der Waals surface area (Å²) >= 11 is 0. The third kappa shape index (κ3) is 3.21. The van der Waals surface area contributed by atoms with Crippen molar-refractivity contribution in [3.63, 3.8) is 0 Å². The summed E-state index contributed by atoms with van der Waals surface area (Å²) in [6.45, 7) is -0.270. The van der Waals surface area contributed by atoms with E-state index in [1.54, 1.807) is 0 Å². The van der Waals surface area contributed by atoms with Crippen molar-refractivity contribution in [2.45, 2.75) is 6.42 Å². The summed E-state index contributed by atoms with van der Waals surface area (Å²) in [6, 6.07) is 31.9. The van der Waals surface area contributed by atoms with Crippen molar-refractivity contribution >= 4 is 23.2 Å². The lowest BCUT2D eigenvalue weighted by Crippen LogP contribution is -2.33. The third-order valence-electron chi connectivity index (χ3n) is 4.22. The highest BCUT2D eigenvalue weighted by atomic mass is 31.2. The Balaban J connectivity index is 2.25. The molecule has 0 heterocycles. The van der Waals surface area contributed by atoms with Gasteiger partial charge in [-0.1, -0.05) is 54.6 Å². The molecule has 2 heteroatoms. The summed E-state index contributed by atoms with van der Waals surface area (Å²) in [5.41, 5.74) is 0. The molecule has 0 bridgehead atoms. The van der Waals surface area contributed by atoms with Crippen molar-refractivity contribution < 1.29 is 4.39 Å². The first-order valence-corrected chi connectivity index (χ1v) is 9.96. The molecule has 0 spiro atoms. The zero-order chi connectivity index (χ0) is 16.0. The Kier molecular flexibility index (Phi) is 5.20. The van der Waals surface area contributed by atoms with Crippen molar-refractivity contribution in [3.8, 4) is 0 Å². The van der Waals surface area contributed by atoms with E-state index in [0.717, 1.165) is 6.16 Å². The highest BCUT2D eigenvalue weighted by Crippen LogP contribution is 2.55. The maximum atomic E-state index is 13.1. The Bertz CT molecular complexity index is 614. The molecule has 0 nitrogen and oxygen atoms in total. The summed E-state index contributed by atoms with van der Waals surface area (Å²) in [4.78, 5) is 0. The van der Waals surface area contributed by atoms with Crippen LogP contribution in [0.3, 0.4) is 0 Å². The molecule has 116 valence electrons. The van der Waals surface area contributed by atoms with Gasteiger partial charge in [-0.3, -0.25) is 4.39 Å². The molecule has 0 atom stereocenters. The summed E-state index contributed by atoms with van der Waals surface area (Å²) in [7, 11) is -1.81. The highest BCUT2D eigenvalue weighted by Gasteiger charge is 2.44. The molecule has 0 aromatic heterocycles. The lowest BCUT2D eigenvalue weighted by molar-refractivity contribution is 0.489. The maximum absolute atomic E-state index is 13.1. The van der Waals surface area contributed by atoms with Crippen LogP contribution in [0.25, 0.3) is 0 Å². The first-order chi connectivity index (χ1) is 11.4. The van der Waals surface area contributed by atoms with Crippen LogP contribution in [0.2, 0.25) is 0 Å². The molecule has 3 rings (SSSR count). The fourth-order valence-electron chi connectivity index (χ4n) is 3.18. The van der Waals surface area contributed by atoms with Gasteiger partial charge in [0.2, 0.25) is 0 Å². The van der Waals surface area contributed by atoms with Gasteiger partial charge in [0.05, 0.1) is 12.8 Å². The molecule has 3 aromatic carbocycles. The predicted octanol–water partition coefficient (Wildman–Crippen LogP) is 4.34. The lowest BCUT2D eigenvalue weighted by atomic mass is 10.4. The smallest absolute Gasteiger partial charge is 0.112 e. The van der Waals surface area contributed by atoms with Crippen molar-refractivity contribution in [1.29, 1.82) is 0 Å². The summed E-state index contributed by atoms with van der Waals surface area (Å²) in [5, 5.41) is 3.97. The van der Waals surface area contributed by atoms with Crippen LogP contribution < -0.4 is 15.9 Å². The van der Waals surface area contributed by atoms with Gasteiger partial charge in [-0.05, 0) is 36.4 Å². The Morgan fingerprint density at radius 1 is 0.565 bits per heavy atom. The van der Waals surface area contributed by atoms with E-state index in [1.807, 2.05) is 18.2 Å². The molecule has 0 aliphatic rings. The SMILES string of the molecule is FCCC[P+](c1ccccc1)(c1ccccc1)c1ccccc1. The van der Waals surface area contributed by atoms with Crippen LogP contribution in [0.5, 0.6) is 0 Å². The summed E-state index contributed by atoms with van der Waals surface area (Å²) in [6.07, 6.45) is 1.45. The van der Waals surface area contributed by atoms with Crippen LogP contribution in [-0.2, 0) is 0 Å². The monoisotopic (exact) mass is 323 g/mol. The van der Waals surface area contributed by atoms with Gasteiger partial charge in [-0.25, -0.2) is 0 Å². The molecular formula is C21H21FP+. The number of rotatable bonds is 6. The van der Waals surface area contributed by atoms with E-state index in [4.69, 9.17) is 0 Å². The minimum absolute atomic E-state index is 0.270. The molecule has 23 heavy (non-hydrogen) atoms. The predicted molar refractivity (Wildman–Crippen MR) is 101 cm³/mol. The van der Waals surface area contributed by atoms with E-state index in [0.29, 0.717) is 6.42 Å². The van der Waals surface area contributed by atoms with Crippen molar-refractivity contribution in [2.75, 3.05) is 12.8 Å². The Morgan fingerprint density at radius 2 is 0.913 bits per heavy atom. The molecule has 0 N–H and O–H groups in total. The third-order valence-corrected chi connectivity index (χ3v) is 8.74. The molecule has 0 fully saturated rings. The van der Waals surface area contributed by atoms with Crippen LogP contribution >= 0.6 is 7.26 Å². The highest BCUT2D eigenvalue weighted by molar-refractivity contribution is 7.95. The number of hydrogen-bond acceptors (Lipinski definition) is 0. The molecule has 3 aromatic rings. The van der Waals surface area contributed by atoms with Crippen molar-refractivity contribution in [3.05, 3.63) is 91.0 Å². The average molecular weight is 323 g/mol. The second kappa shape index (κ2) is 7.53. The van der Waals surface area contributed by atoms with Gasteiger partial charge >= 0.3 is 0 Å². The van der Waals surface area contributed by atoms with Gasteiger partial charge in [0.1, 0.15) is 23.2 Å². The summed E-state index contributed by atoms with van der Waals surface area (Å²) < 4.78 is 13.1.